The summed E-state index contributed by atoms with van der Waals surface area (Å²) in [7, 11) is 0. The average Bonchev–Trinajstić information content (AvgIpc) is 2.74. The zero-order chi connectivity index (χ0) is 20.4. The van der Waals surface area contributed by atoms with Crippen molar-refractivity contribution in [2.45, 2.75) is 25.8 Å². The molecule has 29 heavy (non-hydrogen) atoms. The molecule has 0 aromatic heterocycles. The van der Waals surface area contributed by atoms with Gasteiger partial charge in [0.05, 0.1) is 0 Å². The summed E-state index contributed by atoms with van der Waals surface area (Å²) in [6.07, 6.45) is 7.90. The van der Waals surface area contributed by atoms with E-state index in [1.165, 1.54) is 11.1 Å². The van der Waals surface area contributed by atoms with Gasteiger partial charge in [0.2, 0.25) is 11.8 Å². The Hall–Kier alpha value is -3.35. The molecule has 4 amide bonds. The highest BCUT2D eigenvalue weighted by Gasteiger charge is 2.41. The van der Waals surface area contributed by atoms with E-state index in [-0.39, 0.29) is 23.7 Å². The maximum atomic E-state index is 12.8. The average molecular weight is 390 g/mol. The van der Waals surface area contributed by atoms with Gasteiger partial charge in [-0.2, -0.15) is 4.99 Å². The van der Waals surface area contributed by atoms with Crippen LogP contribution in [0.15, 0.2) is 58.0 Å². The molecule has 1 atom stereocenters. The molecule has 1 saturated heterocycles. The number of benzene rings is 1. The summed E-state index contributed by atoms with van der Waals surface area (Å²) in [5.41, 5.74) is 1.65. The molecule has 3 heterocycles. The number of piperidine rings is 1. The number of imide groups is 1. The number of fused-ring (bicyclic) bond motifs is 1. The monoisotopic (exact) mass is 390 g/mol. The molecule has 0 aliphatic carbocycles. The third-order valence-electron chi connectivity index (χ3n) is 5.43. The van der Waals surface area contributed by atoms with Crippen LogP contribution in [-0.4, -0.2) is 58.8 Å². The molecule has 0 spiro atoms. The van der Waals surface area contributed by atoms with Gasteiger partial charge in [0.15, 0.2) is 0 Å². The van der Waals surface area contributed by atoms with Crippen LogP contribution >= 0.6 is 0 Å². The van der Waals surface area contributed by atoms with Crippen LogP contribution in [0.2, 0.25) is 0 Å². The first-order valence-corrected chi connectivity index (χ1v) is 9.73. The van der Waals surface area contributed by atoms with Crippen LogP contribution in [0.3, 0.4) is 0 Å². The van der Waals surface area contributed by atoms with E-state index in [0.717, 1.165) is 5.56 Å². The number of carbonyl (C=O) groups is 3. The standard InChI is InChI=1S/C22H22N4O3/c1-15(14-16-6-3-2-4-7-16)20(27)25-12-9-17(10-13-25)26-21(28)18-8-5-11-23-19(18)24-22(26)29/h2-8,11,14,17-18H,9-10,12-13H2,1H3/b15-14+. The van der Waals surface area contributed by atoms with Crippen LogP contribution < -0.4 is 0 Å². The smallest absolute Gasteiger partial charge is 0.339 e. The summed E-state index contributed by atoms with van der Waals surface area (Å²) in [6, 6.07) is 8.90. The molecular weight excluding hydrogens is 368 g/mol. The number of carbonyl (C=O) groups excluding carboxylic acids is 3. The lowest BCUT2D eigenvalue weighted by Gasteiger charge is -2.39. The topological polar surface area (TPSA) is 82.4 Å². The van der Waals surface area contributed by atoms with Gasteiger partial charge in [0.25, 0.3) is 0 Å². The predicted octanol–water partition coefficient (Wildman–Crippen LogP) is 2.70. The Balaban J connectivity index is 1.41. The van der Waals surface area contributed by atoms with Crippen LogP contribution in [0.1, 0.15) is 25.3 Å². The van der Waals surface area contributed by atoms with Crippen molar-refractivity contribution in [3.8, 4) is 0 Å². The van der Waals surface area contributed by atoms with Gasteiger partial charge in [-0.05, 0) is 37.5 Å². The first kappa shape index (κ1) is 19.0. The number of amidine groups is 1. The molecule has 7 nitrogen and oxygen atoms in total. The molecule has 0 saturated carbocycles. The summed E-state index contributed by atoms with van der Waals surface area (Å²) in [5.74, 6) is -0.632. The zero-order valence-electron chi connectivity index (χ0n) is 16.2. The highest BCUT2D eigenvalue weighted by atomic mass is 16.2. The SMILES string of the molecule is C/C(=C\c1ccccc1)C(=O)N1CCC(N2C(=O)N=C3N=CC=CC3C2=O)CC1. The minimum absolute atomic E-state index is 0.0199. The molecule has 0 radical (unpaired) electrons. The second-order valence-electron chi connectivity index (χ2n) is 7.36. The molecule has 0 N–H and O–H groups in total. The predicted molar refractivity (Wildman–Crippen MR) is 110 cm³/mol. The first-order valence-electron chi connectivity index (χ1n) is 9.73. The van der Waals surface area contributed by atoms with Crippen LogP contribution in [-0.2, 0) is 9.59 Å². The number of allylic oxidation sites excluding steroid dienone is 1. The molecule has 1 fully saturated rings. The normalized spacial score (nSPS) is 22.6. The first-order chi connectivity index (χ1) is 14.0. The van der Waals surface area contributed by atoms with Crippen LogP contribution in [0, 0.1) is 5.92 Å². The number of aliphatic imine (C=N–C) groups is 2. The third-order valence-corrected chi connectivity index (χ3v) is 5.43. The van der Waals surface area contributed by atoms with E-state index in [4.69, 9.17) is 0 Å². The summed E-state index contributed by atoms with van der Waals surface area (Å²) < 4.78 is 0. The van der Waals surface area contributed by atoms with Crippen molar-refractivity contribution in [3.63, 3.8) is 0 Å². The summed E-state index contributed by atoms with van der Waals surface area (Å²) in [6.45, 7) is 2.80. The maximum absolute atomic E-state index is 12.8. The highest BCUT2D eigenvalue weighted by molar-refractivity contribution is 6.19. The van der Waals surface area contributed by atoms with E-state index in [9.17, 15) is 14.4 Å². The van der Waals surface area contributed by atoms with Gasteiger partial charge in [-0.25, -0.2) is 9.79 Å². The number of hydrogen-bond donors (Lipinski definition) is 0. The van der Waals surface area contributed by atoms with Crippen molar-refractivity contribution in [3.05, 3.63) is 53.6 Å². The van der Waals surface area contributed by atoms with Gasteiger partial charge in [-0.1, -0.05) is 36.4 Å². The zero-order valence-corrected chi connectivity index (χ0v) is 16.2. The van der Waals surface area contributed by atoms with E-state index >= 15 is 0 Å². The fraction of sp³-hybridized carbons (Fsp3) is 0.318. The second-order valence-corrected chi connectivity index (χ2v) is 7.36. The third kappa shape index (κ3) is 3.81. The molecule has 1 aromatic carbocycles. The van der Waals surface area contributed by atoms with Crippen LogP contribution in [0.5, 0.6) is 0 Å². The molecule has 4 rings (SSSR count). The van der Waals surface area contributed by atoms with Crippen molar-refractivity contribution in [2.24, 2.45) is 15.9 Å². The number of urea groups is 1. The van der Waals surface area contributed by atoms with E-state index < -0.39 is 11.9 Å². The Bertz CT molecular complexity index is 954. The van der Waals surface area contributed by atoms with Crippen molar-refractivity contribution in [2.75, 3.05) is 13.1 Å². The lowest BCUT2D eigenvalue weighted by Crippen LogP contribution is -2.54. The summed E-state index contributed by atoms with van der Waals surface area (Å²) in [4.78, 5) is 49.0. The number of hydrogen-bond acceptors (Lipinski definition) is 4. The Morgan fingerprint density at radius 2 is 1.86 bits per heavy atom. The van der Waals surface area contributed by atoms with Crippen molar-refractivity contribution in [1.29, 1.82) is 0 Å². The van der Waals surface area contributed by atoms with Gasteiger partial charge in [-0.15, -0.1) is 0 Å². The number of rotatable bonds is 3. The molecular formula is C22H22N4O3. The second kappa shape index (κ2) is 7.95. The molecule has 148 valence electrons. The Kier molecular flexibility index (Phi) is 5.20. The van der Waals surface area contributed by atoms with Crippen LogP contribution in [0.4, 0.5) is 4.79 Å². The Labute approximate surface area is 169 Å². The molecule has 1 aromatic rings. The summed E-state index contributed by atoms with van der Waals surface area (Å²) >= 11 is 0. The van der Waals surface area contributed by atoms with Crippen molar-refractivity contribution in [1.82, 2.24) is 9.80 Å². The summed E-state index contributed by atoms with van der Waals surface area (Å²) in [5, 5.41) is 0. The highest BCUT2D eigenvalue weighted by Crippen LogP contribution is 2.26. The van der Waals surface area contributed by atoms with Gasteiger partial charge in [0.1, 0.15) is 11.8 Å². The number of nitrogens with zero attached hydrogens (tertiary/aromatic N) is 4. The Morgan fingerprint density at radius 1 is 1.14 bits per heavy atom. The Morgan fingerprint density at radius 3 is 2.59 bits per heavy atom. The minimum atomic E-state index is -0.589. The number of amides is 4. The lowest BCUT2D eigenvalue weighted by molar-refractivity contribution is -0.133. The van der Waals surface area contributed by atoms with Gasteiger partial charge in [0, 0.05) is 30.9 Å². The fourth-order valence-electron chi connectivity index (χ4n) is 3.91. The molecule has 3 aliphatic heterocycles. The molecule has 7 heteroatoms. The van der Waals surface area contributed by atoms with Gasteiger partial charge >= 0.3 is 6.03 Å². The van der Waals surface area contributed by atoms with E-state index in [1.54, 1.807) is 17.1 Å². The van der Waals surface area contributed by atoms with E-state index in [0.29, 0.717) is 31.5 Å². The number of likely N-dealkylation sites (tertiary alicyclic amines) is 1. The van der Waals surface area contributed by atoms with Gasteiger partial charge in [-0.3, -0.25) is 14.5 Å². The molecule has 3 aliphatic rings. The quantitative estimate of drug-likeness (QED) is 0.744. The van der Waals surface area contributed by atoms with Crippen LogP contribution in [0.25, 0.3) is 6.08 Å². The van der Waals surface area contributed by atoms with Gasteiger partial charge < -0.3 is 4.90 Å². The minimum Gasteiger partial charge on any atom is -0.339 e. The van der Waals surface area contributed by atoms with E-state index in [1.807, 2.05) is 43.3 Å². The van der Waals surface area contributed by atoms with Crippen molar-refractivity contribution >= 4 is 36.0 Å². The van der Waals surface area contributed by atoms with Crippen molar-refractivity contribution < 1.29 is 14.4 Å². The fourth-order valence-corrected chi connectivity index (χ4v) is 3.91. The maximum Gasteiger partial charge on any atom is 0.352 e. The number of dihydropyridines is 1. The lowest BCUT2D eigenvalue weighted by atomic mass is 9.97. The van der Waals surface area contributed by atoms with E-state index in [2.05, 4.69) is 9.98 Å². The largest absolute Gasteiger partial charge is 0.352 e. The molecule has 1 unspecified atom stereocenters. The molecule has 0 bridgehead atoms.